The van der Waals surface area contributed by atoms with Crippen LogP contribution in [-0.2, 0) is 29.8 Å². The minimum Gasteiger partial charge on any atom is -0.487 e. The van der Waals surface area contributed by atoms with Crippen molar-refractivity contribution in [1.82, 2.24) is 4.90 Å². The van der Waals surface area contributed by atoms with Gasteiger partial charge in [-0.05, 0) is 338 Å². The predicted octanol–water partition coefficient (Wildman–Crippen LogP) is 17.8. The number of fused-ring (bicyclic) bond motifs is 1. The molecular formula is C79H29NO6. The van der Waals surface area contributed by atoms with Gasteiger partial charge in [-0.3, -0.25) is 4.90 Å². The first-order valence-corrected chi connectivity index (χ1v) is 32.0. The molecule has 7 heteroatoms. The van der Waals surface area contributed by atoms with Crippen LogP contribution < -0.4 is 9.47 Å². The maximum atomic E-state index is 7.02. The van der Waals surface area contributed by atoms with E-state index in [4.69, 9.17) is 28.4 Å². The molecule has 0 N–H and O–H groups in total. The monoisotopic (exact) mass is 1090 g/mol. The van der Waals surface area contributed by atoms with E-state index < -0.39 is 5.41 Å². The Kier molecular flexibility index (Phi) is 4.08. The van der Waals surface area contributed by atoms with E-state index >= 15 is 0 Å². The molecule has 0 radical (unpaired) electrons. The zero-order valence-corrected chi connectivity index (χ0v) is 45.5. The molecule has 2 aliphatic heterocycles. The third-order valence-electron chi connectivity index (χ3n) is 28.3. The molecule has 29 aromatic rings. The van der Waals surface area contributed by atoms with Gasteiger partial charge < -0.3 is 28.4 Å². The summed E-state index contributed by atoms with van der Waals surface area (Å²) < 4.78 is 37.7. The van der Waals surface area contributed by atoms with Gasteiger partial charge in [0.1, 0.15) is 13.2 Å². The Labute approximate surface area is 475 Å². The number of benzene rings is 19. The van der Waals surface area contributed by atoms with Crippen LogP contribution in [0.2, 0.25) is 0 Å². The lowest BCUT2D eigenvalue weighted by Crippen LogP contribution is -2.51. The van der Waals surface area contributed by atoms with Crippen molar-refractivity contribution < 1.29 is 28.4 Å². The van der Waals surface area contributed by atoms with E-state index in [1.807, 2.05) is 0 Å². The second-order valence-corrected chi connectivity index (χ2v) is 29.6. The summed E-state index contributed by atoms with van der Waals surface area (Å²) >= 11 is 0. The number of nitrogens with zero attached hydrogens (tertiary/aromatic N) is 1. The lowest BCUT2D eigenvalue weighted by molar-refractivity contribution is -0.00842. The molecule has 7 nitrogen and oxygen atoms in total. The molecule has 1 unspecified atom stereocenters. The minimum atomic E-state index is -0.475. The van der Waals surface area contributed by atoms with Gasteiger partial charge in [0.05, 0.1) is 63.7 Å². The van der Waals surface area contributed by atoms with E-state index in [2.05, 4.69) is 30.1 Å². The first kappa shape index (κ1) is 36.8. The first-order chi connectivity index (χ1) is 42.8. The van der Waals surface area contributed by atoms with Crippen molar-refractivity contribution in [2.75, 3.05) is 79.7 Å². The van der Waals surface area contributed by atoms with Crippen LogP contribution in [0.3, 0.4) is 0 Å². The Bertz CT molecular complexity index is 7670. The molecule has 86 heavy (non-hydrogen) atoms. The third kappa shape index (κ3) is 2.39. The summed E-state index contributed by atoms with van der Waals surface area (Å²) in [5, 5.41) is 88.2. The van der Waals surface area contributed by atoms with Crippen molar-refractivity contribution in [2.24, 2.45) is 0 Å². The molecule has 35 rings (SSSR count). The summed E-state index contributed by atoms with van der Waals surface area (Å²) in [5.41, 5.74) is 7.26. The Morgan fingerprint density at radius 1 is 0.267 bits per heavy atom. The number of likely N-dealkylation sites (N-methyl/N-ethyl adjacent to an activating group) is 1. The zero-order chi connectivity index (χ0) is 52.5. The summed E-state index contributed by atoms with van der Waals surface area (Å²) in [4.78, 5) is 2.90. The predicted molar refractivity (Wildman–Crippen MR) is 350 cm³/mol. The van der Waals surface area contributed by atoms with Crippen molar-refractivity contribution in [3.63, 3.8) is 0 Å². The van der Waals surface area contributed by atoms with Crippen LogP contribution >= 0.6 is 0 Å². The lowest BCUT2D eigenvalue weighted by atomic mass is 9.47. The van der Waals surface area contributed by atoms with E-state index in [9.17, 15) is 0 Å². The average molecular weight is 1090 g/mol. The van der Waals surface area contributed by atoms with Crippen LogP contribution in [0.1, 0.15) is 33.9 Å². The van der Waals surface area contributed by atoms with Gasteiger partial charge in [0.15, 0.2) is 11.5 Å². The van der Waals surface area contributed by atoms with Gasteiger partial charge in [-0.2, -0.15) is 0 Å². The number of rotatable bonds is 1. The van der Waals surface area contributed by atoms with Gasteiger partial charge in [0.25, 0.3) is 0 Å². The molecule has 6 aliphatic rings. The van der Waals surface area contributed by atoms with Crippen LogP contribution in [0.5, 0.6) is 11.5 Å². The zero-order valence-electron chi connectivity index (χ0n) is 45.5. The summed E-state index contributed by atoms with van der Waals surface area (Å²) in [5.74, 6) is 1.54. The quantitative estimate of drug-likeness (QED) is 0.152. The molecule has 4 aliphatic carbocycles. The Hall–Kier alpha value is -8.92. The van der Waals surface area contributed by atoms with Crippen LogP contribution in [0.15, 0.2) is 18.2 Å². The molecular weight excluding hydrogens is 1060 g/mol. The highest BCUT2D eigenvalue weighted by Crippen LogP contribution is 2.87. The second kappa shape index (κ2) is 9.53. The SMILES string of the molecule is CN1CC23c4c5c6c7c8c9c(c%10c%11c2c2c4c4c%12c5c5c6c6c8c8c%13c9c9c%10c%10c%11c%11c2c2c4c4c%12c%12c5c5c6c8c6c8c%13c9c9c%10c%10c%11c2c2c4c4c%12c5c6c5c8c9c%10c2c45)C73C1c1ccc2c(c1)OCCOCCOCCOCCOCCO2. The van der Waals surface area contributed by atoms with Crippen molar-refractivity contribution in [3.05, 3.63) is 46.0 Å². The molecule has 0 bridgehead atoms. The highest BCUT2D eigenvalue weighted by atomic mass is 16.6. The molecule has 0 amide bonds. The molecule has 29 aromatic carbocycles. The fraction of sp³-hybridized carbons (Fsp3) is 0.190. The van der Waals surface area contributed by atoms with Crippen LogP contribution in [0.4, 0.5) is 0 Å². The highest BCUT2D eigenvalue weighted by molar-refractivity contribution is 6.82. The summed E-state index contributed by atoms with van der Waals surface area (Å²) in [6.07, 6.45) is 0. The fourth-order valence-corrected chi connectivity index (χ4v) is 27.7. The molecule has 386 valence electrons. The molecule has 0 aromatic heterocycles. The minimum absolute atomic E-state index is 0.0306. The second-order valence-electron chi connectivity index (χ2n) is 29.6. The average Bonchev–Trinajstić information content (AvgIpc) is 1.38. The normalized spacial score (nSPS) is 24.0. The number of likely N-dealkylation sites (tertiary alicyclic amines) is 1. The van der Waals surface area contributed by atoms with Crippen molar-refractivity contribution >= 4 is 291 Å². The maximum absolute atomic E-state index is 7.02. The summed E-state index contributed by atoms with van der Waals surface area (Å²) in [6.45, 7) is 5.80. The first-order valence-electron chi connectivity index (χ1n) is 32.0. The van der Waals surface area contributed by atoms with Crippen LogP contribution in [0, 0.1) is 0 Å². The van der Waals surface area contributed by atoms with E-state index in [0.717, 1.165) is 18.0 Å². The fourth-order valence-electron chi connectivity index (χ4n) is 27.7. The van der Waals surface area contributed by atoms with E-state index in [1.54, 1.807) is 313 Å². The Morgan fingerprint density at radius 3 is 0.756 bits per heavy atom. The van der Waals surface area contributed by atoms with Gasteiger partial charge >= 0.3 is 0 Å². The van der Waals surface area contributed by atoms with Gasteiger partial charge in [-0.25, -0.2) is 0 Å². The number of hydrogen-bond acceptors (Lipinski definition) is 7. The van der Waals surface area contributed by atoms with E-state index in [1.165, 1.54) is 5.56 Å². The highest BCUT2D eigenvalue weighted by Gasteiger charge is 2.76. The largest absolute Gasteiger partial charge is 0.487 e. The summed E-state index contributed by atoms with van der Waals surface area (Å²) in [6, 6.07) is 7.11. The van der Waals surface area contributed by atoms with Crippen LogP contribution in [-0.4, -0.2) is 84.6 Å². The Balaban J connectivity index is 0.870. The van der Waals surface area contributed by atoms with Crippen LogP contribution in [0.25, 0.3) is 291 Å². The standard InChI is InChI=1S/C79H29NO6/c1-80-15-78-73-65-57-47-37-29-21-19-20-23-27-25(21)33-41-35(27)45-39-31(23)32-24(20)28-26-22(19)30(29)38-44-34(26)42-36(28)46-40(32)50-49(39)61-55(45)63-53(41)59(51(57)43(33)37)67(73)69(63)75-71(61)72-62(50)56(46)64-54(42)60-52(44)58(48(38)47)66(65)74(78)68(60)70(64)76(72)79(75,78)77(80)16-2-3-17-18(14-16)86-13-11-84-9-7-82-5-4-81-6-8-83-10-12-85-17/h2-3,14,77H,4-13,15H2,1H3. The van der Waals surface area contributed by atoms with Gasteiger partial charge in [-0.1, -0.05) is 6.07 Å². The molecule has 2 heterocycles. The molecule has 1 fully saturated rings. The molecule has 0 saturated carbocycles. The van der Waals surface area contributed by atoms with Gasteiger partial charge in [-0.15, -0.1) is 0 Å². The summed E-state index contributed by atoms with van der Waals surface area (Å²) in [7, 11) is 2.53. The van der Waals surface area contributed by atoms with Gasteiger partial charge in [0.2, 0.25) is 0 Å². The van der Waals surface area contributed by atoms with Gasteiger partial charge in [0, 0.05) is 12.6 Å². The van der Waals surface area contributed by atoms with Crippen molar-refractivity contribution in [2.45, 2.75) is 16.9 Å². The molecule has 1 atom stereocenters. The number of ether oxygens (including phenoxy) is 6. The van der Waals surface area contributed by atoms with Crippen molar-refractivity contribution in [3.8, 4) is 11.5 Å². The molecule has 1 saturated heterocycles. The topological polar surface area (TPSA) is 58.6 Å². The third-order valence-corrected chi connectivity index (χ3v) is 28.3. The van der Waals surface area contributed by atoms with E-state index in [-0.39, 0.29) is 11.5 Å². The van der Waals surface area contributed by atoms with Crippen molar-refractivity contribution in [1.29, 1.82) is 0 Å². The number of hydrogen-bond donors (Lipinski definition) is 0. The molecule has 2 spiro atoms. The smallest absolute Gasteiger partial charge is 0.161 e. The Morgan fingerprint density at radius 2 is 0.488 bits per heavy atom. The maximum Gasteiger partial charge on any atom is 0.161 e. The van der Waals surface area contributed by atoms with E-state index in [0.29, 0.717) is 66.1 Å². The lowest BCUT2D eigenvalue weighted by Gasteiger charge is -2.52.